The Morgan fingerprint density at radius 3 is 1.50 bits per heavy atom. The van der Waals surface area contributed by atoms with E-state index in [2.05, 4.69) is 54.6 Å². The second-order valence-corrected chi connectivity index (χ2v) is 12.7. The summed E-state index contributed by atoms with van der Waals surface area (Å²) >= 11 is 0. The average Bonchev–Trinajstić information content (AvgIpc) is 3.83. The van der Waals surface area contributed by atoms with Gasteiger partial charge in [0, 0.05) is 27.6 Å². The molecule has 0 unspecified atom stereocenters. The Morgan fingerprint density at radius 2 is 0.846 bits per heavy atom. The quantitative estimate of drug-likeness (QED) is 0.175. The van der Waals surface area contributed by atoms with Crippen LogP contribution in [0.25, 0.3) is 101 Å². The number of fused-ring (bicyclic) bond motifs is 5. The Balaban J connectivity index is 1.06. The lowest BCUT2D eigenvalue weighted by molar-refractivity contribution is 0.622. The van der Waals surface area contributed by atoms with Gasteiger partial charge in [0.05, 0.1) is 5.39 Å². The lowest BCUT2D eigenvalue weighted by atomic mass is 10.0. The standard InChI is InChI=1S/C46H28N4O2/c1-4-12-29(13-5-1)32-18-10-20-35(26-32)44-48-43(30-14-6-2-7-15-30)49-45(50-44)36-21-11-19-33(27-36)34-22-23-37-40(28-34)51-39-25-24-38-42(41(37)39)52-46(47-38)31-16-8-3-9-17-31/h1-28H. The molecule has 0 fully saturated rings. The summed E-state index contributed by atoms with van der Waals surface area (Å²) in [6.45, 7) is 0. The van der Waals surface area contributed by atoms with Crippen molar-refractivity contribution in [3.8, 4) is 67.9 Å². The minimum atomic E-state index is 0.590. The molecular formula is C46H28N4O2. The van der Waals surface area contributed by atoms with Crippen molar-refractivity contribution in [2.75, 3.05) is 0 Å². The van der Waals surface area contributed by atoms with Gasteiger partial charge in [-0.3, -0.25) is 0 Å². The molecule has 0 atom stereocenters. The van der Waals surface area contributed by atoms with E-state index in [1.54, 1.807) is 0 Å². The molecule has 0 bridgehead atoms. The van der Waals surface area contributed by atoms with E-state index in [0.29, 0.717) is 23.4 Å². The second-order valence-electron chi connectivity index (χ2n) is 12.7. The minimum Gasteiger partial charge on any atom is -0.456 e. The molecule has 0 saturated heterocycles. The zero-order chi connectivity index (χ0) is 34.4. The number of hydrogen-bond donors (Lipinski definition) is 0. The fourth-order valence-electron chi connectivity index (χ4n) is 6.79. The van der Waals surface area contributed by atoms with E-state index in [4.69, 9.17) is 28.8 Å². The summed E-state index contributed by atoms with van der Waals surface area (Å²) in [5.41, 5.74) is 11.0. The maximum Gasteiger partial charge on any atom is 0.227 e. The van der Waals surface area contributed by atoms with Crippen molar-refractivity contribution in [2.45, 2.75) is 0 Å². The second kappa shape index (κ2) is 12.3. The van der Waals surface area contributed by atoms with Crippen LogP contribution in [0.5, 0.6) is 0 Å². The van der Waals surface area contributed by atoms with E-state index in [9.17, 15) is 0 Å². The van der Waals surface area contributed by atoms with Crippen molar-refractivity contribution >= 4 is 33.0 Å². The lowest BCUT2D eigenvalue weighted by Gasteiger charge is -2.10. The molecule has 0 aliphatic carbocycles. The molecular weight excluding hydrogens is 641 g/mol. The molecule has 52 heavy (non-hydrogen) atoms. The van der Waals surface area contributed by atoms with E-state index in [1.807, 2.05) is 115 Å². The third-order valence-corrected chi connectivity index (χ3v) is 9.36. The van der Waals surface area contributed by atoms with Gasteiger partial charge in [0.2, 0.25) is 5.89 Å². The van der Waals surface area contributed by atoms with Gasteiger partial charge >= 0.3 is 0 Å². The number of hydrogen-bond acceptors (Lipinski definition) is 6. The van der Waals surface area contributed by atoms with Crippen LogP contribution in [0.1, 0.15) is 0 Å². The highest BCUT2D eigenvalue weighted by Crippen LogP contribution is 2.39. The van der Waals surface area contributed by atoms with Crippen molar-refractivity contribution in [1.29, 1.82) is 0 Å². The zero-order valence-corrected chi connectivity index (χ0v) is 27.8. The predicted octanol–water partition coefficient (Wildman–Crippen LogP) is 11.9. The molecule has 0 saturated carbocycles. The van der Waals surface area contributed by atoms with Crippen molar-refractivity contribution < 1.29 is 8.83 Å². The summed E-state index contributed by atoms with van der Waals surface area (Å²) in [7, 11) is 0. The van der Waals surface area contributed by atoms with Gasteiger partial charge in [0.15, 0.2) is 23.1 Å². The Labute approximate surface area is 298 Å². The highest BCUT2D eigenvalue weighted by molar-refractivity contribution is 6.16. The van der Waals surface area contributed by atoms with E-state index in [-0.39, 0.29) is 0 Å². The highest BCUT2D eigenvalue weighted by Gasteiger charge is 2.18. The van der Waals surface area contributed by atoms with Crippen LogP contribution in [0.2, 0.25) is 0 Å². The SMILES string of the molecule is c1ccc(-c2cccc(-c3nc(-c4ccccc4)nc(-c4cccc(-c5ccc6c(c5)oc5ccc7nc(-c8ccccc8)oc7c56)c4)n3)c2)cc1. The van der Waals surface area contributed by atoms with Crippen molar-refractivity contribution in [2.24, 2.45) is 0 Å². The van der Waals surface area contributed by atoms with Gasteiger partial charge < -0.3 is 8.83 Å². The fraction of sp³-hybridized carbons (Fsp3) is 0. The van der Waals surface area contributed by atoms with Gasteiger partial charge in [-0.2, -0.15) is 0 Å². The summed E-state index contributed by atoms with van der Waals surface area (Å²) in [4.78, 5) is 19.8. The molecule has 10 aromatic rings. The molecule has 6 heteroatoms. The first kappa shape index (κ1) is 29.7. The fourth-order valence-corrected chi connectivity index (χ4v) is 6.79. The van der Waals surface area contributed by atoms with Crippen molar-refractivity contribution in [1.82, 2.24) is 19.9 Å². The average molecular weight is 669 g/mol. The summed E-state index contributed by atoms with van der Waals surface area (Å²) < 4.78 is 12.7. The van der Waals surface area contributed by atoms with Crippen LogP contribution in [0.15, 0.2) is 179 Å². The summed E-state index contributed by atoms with van der Waals surface area (Å²) in [6.07, 6.45) is 0. The maximum absolute atomic E-state index is 6.40. The van der Waals surface area contributed by atoms with Crippen molar-refractivity contribution in [3.05, 3.63) is 170 Å². The molecule has 0 aliphatic heterocycles. The highest BCUT2D eigenvalue weighted by atomic mass is 16.4. The summed E-state index contributed by atoms with van der Waals surface area (Å²) in [5, 5.41) is 1.90. The largest absolute Gasteiger partial charge is 0.456 e. The Bertz CT molecular complexity index is 2900. The molecule has 7 aromatic carbocycles. The molecule has 0 aliphatic rings. The van der Waals surface area contributed by atoms with Crippen molar-refractivity contribution in [3.63, 3.8) is 0 Å². The molecule has 0 N–H and O–H groups in total. The topological polar surface area (TPSA) is 77.8 Å². The molecule has 244 valence electrons. The number of aromatic nitrogens is 4. The van der Waals surface area contributed by atoms with Gasteiger partial charge in [-0.25, -0.2) is 19.9 Å². The van der Waals surface area contributed by atoms with E-state index in [0.717, 1.165) is 77.5 Å². The third-order valence-electron chi connectivity index (χ3n) is 9.36. The van der Waals surface area contributed by atoms with E-state index >= 15 is 0 Å². The van der Waals surface area contributed by atoms with Gasteiger partial charge in [-0.1, -0.05) is 121 Å². The Kier molecular flexibility index (Phi) is 7.03. The first-order valence-corrected chi connectivity index (χ1v) is 17.1. The Hall–Kier alpha value is -7.18. The predicted molar refractivity (Wildman–Crippen MR) is 207 cm³/mol. The number of furan rings is 1. The van der Waals surface area contributed by atoms with Gasteiger partial charge in [-0.05, 0) is 70.8 Å². The molecule has 0 spiro atoms. The number of nitrogens with zero attached hydrogens (tertiary/aromatic N) is 4. The van der Waals surface area contributed by atoms with E-state index in [1.165, 1.54) is 0 Å². The van der Waals surface area contributed by atoms with Crippen LogP contribution in [-0.4, -0.2) is 19.9 Å². The monoisotopic (exact) mass is 668 g/mol. The van der Waals surface area contributed by atoms with Gasteiger partial charge in [-0.15, -0.1) is 0 Å². The third kappa shape index (κ3) is 5.30. The van der Waals surface area contributed by atoms with Gasteiger partial charge in [0.1, 0.15) is 16.7 Å². The van der Waals surface area contributed by atoms with Gasteiger partial charge in [0.25, 0.3) is 0 Å². The van der Waals surface area contributed by atoms with Crippen LogP contribution in [0.4, 0.5) is 0 Å². The normalized spacial score (nSPS) is 11.5. The van der Waals surface area contributed by atoms with Crippen LogP contribution in [0.3, 0.4) is 0 Å². The van der Waals surface area contributed by atoms with Crippen LogP contribution in [0, 0.1) is 0 Å². The summed E-state index contributed by atoms with van der Waals surface area (Å²) in [5.74, 6) is 2.42. The number of benzene rings is 7. The number of rotatable bonds is 6. The van der Waals surface area contributed by atoms with Crippen LogP contribution < -0.4 is 0 Å². The van der Waals surface area contributed by atoms with Crippen LogP contribution in [-0.2, 0) is 0 Å². The summed E-state index contributed by atoms with van der Waals surface area (Å²) in [6, 6.07) is 57.2. The molecule has 3 aromatic heterocycles. The minimum absolute atomic E-state index is 0.590. The molecule has 0 amide bonds. The van der Waals surface area contributed by atoms with Crippen LogP contribution >= 0.6 is 0 Å². The smallest absolute Gasteiger partial charge is 0.227 e. The first-order valence-electron chi connectivity index (χ1n) is 17.1. The molecule has 0 radical (unpaired) electrons. The van der Waals surface area contributed by atoms with E-state index < -0.39 is 0 Å². The lowest BCUT2D eigenvalue weighted by Crippen LogP contribution is -2.00. The first-order chi connectivity index (χ1) is 25.7. The maximum atomic E-state index is 6.40. The molecule has 10 rings (SSSR count). The number of oxazole rings is 1. The zero-order valence-electron chi connectivity index (χ0n) is 27.8. The molecule has 6 nitrogen and oxygen atoms in total. The molecule has 3 heterocycles. The Morgan fingerprint density at radius 1 is 0.327 bits per heavy atom.